The number of amides is 1. The second kappa shape index (κ2) is 6.90. The standard InChI is InChI=1S/C11H12BrNO4/c12-6-7-17-11(16)13(8-10(14)15)9-4-2-1-3-5-9/h1-5H,6-8H2,(H,14,15). The number of alkyl halides is 1. The van der Waals surface area contributed by atoms with Crippen LogP contribution in [0, 0.1) is 0 Å². The summed E-state index contributed by atoms with van der Waals surface area (Å²) < 4.78 is 4.89. The van der Waals surface area contributed by atoms with Crippen LogP contribution in [0.3, 0.4) is 0 Å². The molecule has 5 nitrogen and oxygen atoms in total. The Bertz CT molecular complexity index is 382. The van der Waals surface area contributed by atoms with Gasteiger partial charge in [-0.15, -0.1) is 0 Å². The predicted octanol–water partition coefficient (Wildman–Crippen LogP) is 2.11. The summed E-state index contributed by atoms with van der Waals surface area (Å²) in [6, 6.07) is 8.53. The quantitative estimate of drug-likeness (QED) is 0.846. The van der Waals surface area contributed by atoms with Gasteiger partial charge in [0, 0.05) is 11.0 Å². The molecular formula is C11H12BrNO4. The molecule has 1 aromatic rings. The Labute approximate surface area is 107 Å². The van der Waals surface area contributed by atoms with Gasteiger partial charge in [0.2, 0.25) is 0 Å². The third kappa shape index (κ3) is 4.44. The highest BCUT2D eigenvalue weighted by Gasteiger charge is 2.19. The summed E-state index contributed by atoms with van der Waals surface area (Å²) in [7, 11) is 0. The maximum absolute atomic E-state index is 11.7. The van der Waals surface area contributed by atoms with E-state index in [1.807, 2.05) is 0 Å². The molecule has 0 aliphatic carbocycles. The largest absolute Gasteiger partial charge is 0.480 e. The number of carboxylic acid groups (broad SMARTS) is 1. The molecule has 0 saturated carbocycles. The number of rotatable bonds is 5. The summed E-state index contributed by atoms with van der Waals surface area (Å²) in [5, 5.41) is 9.27. The minimum atomic E-state index is -1.09. The first-order chi connectivity index (χ1) is 8.15. The zero-order chi connectivity index (χ0) is 12.7. The summed E-state index contributed by atoms with van der Waals surface area (Å²) in [5.41, 5.74) is 0.495. The third-order valence-electron chi connectivity index (χ3n) is 1.88. The molecule has 0 unspecified atom stereocenters. The van der Waals surface area contributed by atoms with Crippen LogP contribution >= 0.6 is 15.9 Å². The fourth-order valence-electron chi connectivity index (χ4n) is 1.21. The van der Waals surface area contributed by atoms with Crippen LogP contribution in [0.2, 0.25) is 0 Å². The molecule has 6 heteroatoms. The molecule has 92 valence electrons. The van der Waals surface area contributed by atoms with E-state index >= 15 is 0 Å². The van der Waals surface area contributed by atoms with Gasteiger partial charge < -0.3 is 9.84 Å². The fraction of sp³-hybridized carbons (Fsp3) is 0.273. The number of anilines is 1. The molecule has 1 rings (SSSR count). The predicted molar refractivity (Wildman–Crippen MR) is 66.6 cm³/mol. The maximum Gasteiger partial charge on any atom is 0.414 e. The van der Waals surface area contributed by atoms with Gasteiger partial charge >= 0.3 is 12.1 Å². The summed E-state index contributed by atoms with van der Waals surface area (Å²) in [5.74, 6) is -1.09. The number of nitrogens with zero attached hydrogens (tertiary/aromatic N) is 1. The second-order valence-electron chi connectivity index (χ2n) is 3.12. The molecule has 1 amide bonds. The highest BCUT2D eigenvalue weighted by molar-refractivity contribution is 9.09. The van der Waals surface area contributed by atoms with E-state index < -0.39 is 18.6 Å². The molecule has 17 heavy (non-hydrogen) atoms. The minimum absolute atomic E-state index is 0.196. The van der Waals surface area contributed by atoms with Crippen LogP contribution < -0.4 is 4.90 Å². The Morgan fingerprint density at radius 3 is 2.47 bits per heavy atom. The van der Waals surface area contributed by atoms with Crippen molar-refractivity contribution in [3.05, 3.63) is 30.3 Å². The number of carboxylic acids is 1. The topological polar surface area (TPSA) is 66.8 Å². The van der Waals surface area contributed by atoms with Crippen molar-refractivity contribution in [2.45, 2.75) is 0 Å². The average Bonchev–Trinajstić information content (AvgIpc) is 2.34. The number of benzene rings is 1. The first-order valence-electron chi connectivity index (χ1n) is 4.92. The van der Waals surface area contributed by atoms with E-state index in [1.54, 1.807) is 30.3 Å². The molecule has 0 aliphatic heterocycles. The van der Waals surface area contributed by atoms with E-state index in [-0.39, 0.29) is 6.61 Å². The minimum Gasteiger partial charge on any atom is -0.480 e. The normalized spacial score (nSPS) is 9.71. The molecule has 0 aromatic heterocycles. The van der Waals surface area contributed by atoms with Crippen molar-refractivity contribution in [1.29, 1.82) is 0 Å². The number of halogens is 1. The van der Waals surface area contributed by atoms with Crippen molar-refractivity contribution < 1.29 is 19.4 Å². The SMILES string of the molecule is O=C(O)CN(C(=O)OCCBr)c1ccccc1. The van der Waals surface area contributed by atoms with Gasteiger partial charge in [0.25, 0.3) is 0 Å². The Balaban J connectivity index is 2.80. The van der Waals surface area contributed by atoms with Crippen LogP contribution in [-0.2, 0) is 9.53 Å². The van der Waals surface area contributed by atoms with Crippen molar-refractivity contribution in [1.82, 2.24) is 0 Å². The lowest BCUT2D eigenvalue weighted by atomic mass is 10.3. The van der Waals surface area contributed by atoms with Crippen LogP contribution in [0.15, 0.2) is 30.3 Å². The van der Waals surface area contributed by atoms with Gasteiger partial charge in [0.05, 0.1) is 0 Å². The van der Waals surface area contributed by atoms with Crippen molar-refractivity contribution in [3.8, 4) is 0 Å². The Hall–Kier alpha value is -1.56. The molecule has 1 N–H and O–H groups in total. The van der Waals surface area contributed by atoms with Crippen molar-refractivity contribution in [2.75, 3.05) is 23.4 Å². The van der Waals surface area contributed by atoms with E-state index in [2.05, 4.69) is 15.9 Å². The lowest BCUT2D eigenvalue weighted by Gasteiger charge is -2.19. The first kappa shape index (κ1) is 13.5. The lowest BCUT2D eigenvalue weighted by Crippen LogP contribution is -2.36. The van der Waals surface area contributed by atoms with E-state index in [0.717, 1.165) is 4.90 Å². The van der Waals surface area contributed by atoms with Gasteiger partial charge in [0.15, 0.2) is 0 Å². The van der Waals surface area contributed by atoms with Crippen molar-refractivity contribution in [3.63, 3.8) is 0 Å². The van der Waals surface area contributed by atoms with E-state index in [1.165, 1.54) is 0 Å². The zero-order valence-electron chi connectivity index (χ0n) is 9.01. The van der Waals surface area contributed by atoms with Gasteiger partial charge in [-0.3, -0.25) is 9.69 Å². The highest BCUT2D eigenvalue weighted by atomic mass is 79.9. The molecule has 0 fully saturated rings. The highest BCUT2D eigenvalue weighted by Crippen LogP contribution is 2.14. The Morgan fingerprint density at radius 1 is 1.29 bits per heavy atom. The molecule has 0 heterocycles. The van der Waals surface area contributed by atoms with Crippen LogP contribution in [0.5, 0.6) is 0 Å². The Morgan fingerprint density at radius 2 is 1.94 bits per heavy atom. The van der Waals surface area contributed by atoms with Crippen LogP contribution in [0.4, 0.5) is 10.5 Å². The Kier molecular flexibility index (Phi) is 5.48. The van der Waals surface area contributed by atoms with Crippen LogP contribution in [-0.4, -0.2) is 35.7 Å². The van der Waals surface area contributed by atoms with Crippen molar-refractivity contribution >= 4 is 33.7 Å². The maximum atomic E-state index is 11.7. The average molecular weight is 302 g/mol. The van der Waals surface area contributed by atoms with E-state index in [4.69, 9.17) is 9.84 Å². The van der Waals surface area contributed by atoms with Gasteiger partial charge in [-0.1, -0.05) is 34.1 Å². The van der Waals surface area contributed by atoms with Crippen molar-refractivity contribution in [2.24, 2.45) is 0 Å². The van der Waals surface area contributed by atoms with Crippen LogP contribution in [0.25, 0.3) is 0 Å². The molecule has 0 atom stereocenters. The number of hydrogen-bond acceptors (Lipinski definition) is 3. The zero-order valence-corrected chi connectivity index (χ0v) is 10.6. The molecule has 0 spiro atoms. The number of aliphatic carboxylic acids is 1. The summed E-state index contributed by atoms with van der Waals surface area (Å²) >= 11 is 3.12. The molecular weight excluding hydrogens is 290 g/mol. The third-order valence-corrected chi connectivity index (χ3v) is 2.21. The van der Waals surface area contributed by atoms with E-state index in [0.29, 0.717) is 11.0 Å². The first-order valence-corrected chi connectivity index (χ1v) is 6.04. The van der Waals surface area contributed by atoms with Gasteiger partial charge in [-0.05, 0) is 12.1 Å². The molecule has 0 bridgehead atoms. The van der Waals surface area contributed by atoms with E-state index in [9.17, 15) is 9.59 Å². The van der Waals surface area contributed by atoms with Gasteiger partial charge in [0.1, 0.15) is 13.2 Å². The molecule has 1 aromatic carbocycles. The summed E-state index contributed by atoms with van der Waals surface area (Å²) in [6.45, 7) is -0.229. The number of carbonyl (C=O) groups is 2. The van der Waals surface area contributed by atoms with Gasteiger partial charge in [-0.2, -0.15) is 0 Å². The number of hydrogen-bond donors (Lipinski definition) is 1. The number of para-hydroxylation sites is 1. The number of ether oxygens (including phenoxy) is 1. The van der Waals surface area contributed by atoms with Gasteiger partial charge in [-0.25, -0.2) is 4.79 Å². The molecule has 0 radical (unpaired) electrons. The monoisotopic (exact) mass is 301 g/mol. The molecule has 0 aliphatic rings. The van der Waals surface area contributed by atoms with Crippen LogP contribution in [0.1, 0.15) is 0 Å². The molecule has 0 saturated heterocycles. The fourth-order valence-corrected chi connectivity index (χ4v) is 1.37. The second-order valence-corrected chi connectivity index (χ2v) is 3.91. The summed E-state index contributed by atoms with van der Waals surface area (Å²) in [4.78, 5) is 23.4. The number of carbonyl (C=O) groups excluding carboxylic acids is 1. The summed E-state index contributed by atoms with van der Waals surface area (Å²) in [6.07, 6.45) is -0.668. The lowest BCUT2D eigenvalue weighted by molar-refractivity contribution is -0.135. The smallest absolute Gasteiger partial charge is 0.414 e.